The molecule has 0 fully saturated rings. The van der Waals surface area contributed by atoms with Crippen molar-refractivity contribution in [2.45, 2.75) is 13.3 Å². The minimum Gasteiger partial charge on any atom is -0.473 e. The van der Waals surface area contributed by atoms with E-state index in [-0.39, 0.29) is 24.8 Å². The highest BCUT2D eigenvalue weighted by Gasteiger charge is 2.17. The molecule has 0 amide bonds. The van der Waals surface area contributed by atoms with Crippen molar-refractivity contribution in [3.63, 3.8) is 0 Å². The maximum Gasteiger partial charge on any atom is 0.331 e. The number of hydrogen-bond acceptors (Lipinski definition) is 6. The van der Waals surface area contributed by atoms with E-state index in [0.29, 0.717) is 18.8 Å². The van der Waals surface area contributed by atoms with Crippen LogP contribution in [0, 0.1) is 10.1 Å². The SMILES string of the molecule is CCNc1ccc([N+](=O)[O-])c(OCCCO)n1. The van der Waals surface area contributed by atoms with E-state index < -0.39 is 4.92 Å². The van der Waals surface area contributed by atoms with Crippen molar-refractivity contribution in [3.8, 4) is 5.88 Å². The quantitative estimate of drug-likeness (QED) is 0.422. The van der Waals surface area contributed by atoms with E-state index >= 15 is 0 Å². The van der Waals surface area contributed by atoms with Crippen LogP contribution < -0.4 is 10.1 Å². The van der Waals surface area contributed by atoms with Crippen molar-refractivity contribution in [2.75, 3.05) is 25.1 Å². The number of pyridine rings is 1. The fraction of sp³-hybridized carbons (Fsp3) is 0.500. The zero-order valence-corrected chi connectivity index (χ0v) is 9.55. The van der Waals surface area contributed by atoms with Crippen LogP contribution >= 0.6 is 0 Å². The molecule has 0 atom stereocenters. The van der Waals surface area contributed by atoms with Crippen LogP contribution in [-0.2, 0) is 0 Å². The number of aliphatic hydroxyl groups is 1. The lowest BCUT2D eigenvalue weighted by molar-refractivity contribution is -0.386. The van der Waals surface area contributed by atoms with Gasteiger partial charge in [-0.25, -0.2) is 0 Å². The fourth-order valence-corrected chi connectivity index (χ4v) is 1.19. The number of nitrogens with one attached hydrogen (secondary N) is 1. The van der Waals surface area contributed by atoms with Gasteiger partial charge in [-0.1, -0.05) is 0 Å². The fourth-order valence-electron chi connectivity index (χ4n) is 1.19. The second-order valence-electron chi connectivity index (χ2n) is 3.23. The third-order valence-corrected chi connectivity index (χ3v) is 1.94. The highest BCUT2D eigenvalue weighted by atomic mass is 16.6. The van der Waals surface area contributed by atoms with Crippen molar-refractivity contribution >= 4 is 11.5 Å². The summed E-state index contributed by atoms with van der Waals surface area (Å²) < 4.78 is 5.17. The number of nitro groups is 1. The standard InChI is InChI=1S/C10H15N3O4/c1-2-11-9-5-4-8(13(15)16)10(12-9)17-7-3-6-14/h4-5,14H,2-3,6-7H2,1H3,(H,11,12). The lowest BCUT2D eigenvalue weighted by Crippen LogP contribution is -2.06. The second-order valence-corrected chi connectivity index (χ2v) is 3.23. The van der Waals surface area contributed by atoms with Crippen molar-refractivity contribution in [3.05, 3.63) is 22.2 Å². The minimum atomic E-state index is -0.545. The van der Waals surface area contributed by atoms with Crippen LogP contribution in [0.5, 0.6) is 5.88 Å². The number of hydrogen-bond donors (Lipinski definition) is 2. The summed E-state index contributed by atoms with van der Waals surface area (Å²) in [5, 5.41) is 22.3. The molecule has 0 aliphatic heterocycles. The molecule has 2 N–H and O–H groups in total. The molecule has 1 rings (SSSR count). The molecule has 0 unspecified atom stereocenters. The maximum absolute atomic E-state index is 10.7. The predicted octanol–water partition coefficient (Wildman–Crippen LogP) is 1.18. The molecule has 17 heavy (non-hydrogen) atoms. The predicted molar refractivity (Wildman–Crippen MR) is 62.3 cm³/mol. The normalized spacial score (nSPS) is 10.0. The topological polar surface area (TPSA) is 97.5 Å². The molecule has 1 aromatic heterocycles. The Morgan fingerprint density at radius 3 is 2.94 bits per heavy atom. The van der Waals surface area contributed by atoms with Crippen molar-refractivity contribution in [1.82, 2.24) is 4.98 Å². The third-order valence-electron chi connectivity index (χ3n) is 1.94. The van der Waals surface area contributed by atoms with Crippen LogP contribution in [0.4, 0.5) is 11.5 Å². The van der Waals surface area contributed by atoms with Gasteiger partial charge in [0.1, 0.15) is 5.82 Å². The Morgan fingerprint density at radius 2 is 2.35 bits per heavy atom. The Kier molecular flexibility index (Phi) is 5.15. The first-order valence-corrected chi connectivity index (χ1v) is 5.32. The summed E-state index contributed by atoms with van der Waals surface area (Å²) in [6.07, 6.45) is 0.407. The number of nitrogens with zero attached hydrogens (tertiary/aromatic N) is 2. The van der Waals surface area contributed by atoms with Gasteiger partial charge in [0.15, 0.2) is 0 Å². The van der Waals surface area contributed by atoms with Gasteiger partial charge in [-0.3, -0.25) is 10.1 Å². The maximum atomic E-state index is 10.7. The molecule has 0 aromatic carbocycles. The number of aromatic nitrogens is 1. The van der Waals surface area contributed by atoms with Crippen LogP contribution in [0.1, 0.15) is 13.3 Å². The average Bonchev–Trinajstić information content (AvgIpc) is 2.30. The molecule has 1 heterocycles. The minimum absolute atomic E-state index is 0.0260. The van der Waals surface area contributed by atoms with E-state index in [4.69, 9.17) is 9.84 Å². The Bertz CT molecular complexity index is 384. The van der Waals surface area contributed by atoms with Gasteiger partial charge in [-0.2, -0.15) is 4.98 Å². The van der Waals surface area contributed by atoms with Crippen LogP contribution in [0.2, 0.25) is 0 Å². The van der Waals surface area contributed by atoms with Gasteiger partial charge in [0.05, 0.1) is 11.5 Å². The van der Waals surface area contributed by atoms with Gasteiger partial charge < -0.3 is 15.2 Å². The Morgan fingerprint density at radius 1 is 1.59 bits per heavy atom. The molecular formula is C10H15N3O4. The Balaban J connectivity index is 2.86. The lowest BCUT2D eigenvalue weighted by atomic mass is 10.4. The van der Waals surface area contributed by atoms with Gasteiger partial charge in [0.25, 0.3) is 5.88 Å². The number of aliphatic hydroxyl groups excluding tert-OH is 1. The summed E-state index contributed by atoms with van der Waals surface area (Å²) in [7, 11) is 0. The highest BCUT2D eigenvalue weighted by Crippen LogP contribution is 2.26. The zero-order valence-electron chi connectivity index (χ0n) is 9.55. The third kappa shape index (κ3) is 3.87. The largest absolute Gasteiger partial charge is 0.473 e. The molecule has 0 aliphatic carbocycles. The molecule has 0 radical (unpaired) electrons. The van der Waals surface area contributed by atoms with Gasteiger partial charge in [-0.15, -0.1) is 0 Å². The first-order chi connectivity index (χ1) is 8.19. The van der Waals surface area contributed by atoms with Crippen molar-refractivity contribution in [1.29, 1.82) is 0 Å². The molecule has 0 saturated carbocycles. The van der Waals surface area contributed by atoms with E-state index in [1.54, 1.807) is 0 Å². The summed E-state index contributed by atoms with van der Waals surface area (Å²) in [6.45, 7) is 2.73. The van der Waals surface area contributed by atoms with Gasteiger partial charge >= 0.3 is 5.69 Å². The van der Waals surface area contributed by atoms with Gasteiger partial charge in [-0.05, 0) is 13.0 Å². The highest BCUT2D eigenvalue weighted by molar-refractivity contribution is 5.48. The second kappa shape index (κ2) is 6.64. The average molecular weight is 241 g/mol. The Labute approximate surface area is 98.6 Å². The van der Waals surface area contributed by atoms with E-state index in [9.17, 15) is 10.1 Å². The summed E-state index contributed by atoms with van der Waals surface area (Å²) in [4.78, 5) is 14.2. The molecule has 94 valence electrons. The first-order valence-electron chi connectivity index (χ1n) is 5.32. The van der Waals surface area contributed by atoms with Crippen LogP contribution in [0.3, 0.4) is 0 Å². The summed E-state index contributed by atoms with van der Waals surface area (Å²) in [5.74, 6) is 0.499. The molecular weight excluding hydrogens is 226 g/mol. The zero-order chi connectivity index (χ0) is 12.7. The monoisotopic (exact) mass is 241 g/mol. The molecule has 7 heteroatoms. The van der Waals surface area contributed by atoms with E-state index in [1.807, 2.05) is 6.92 Å². The molecule has 0 saturated heterocycles. The smallest absolute Gasteiger partial charge is 0.331 e. The summed E-state index contributed by atoms with van der Waals surface area (Å²) in [6, 6.07) is 2.87. The Hall–Kier alpha value is -1.89. The van der Waals surface area contributed by atoms with Crippen LogP contribution in [-0.4, -0.2) is 34.8 Å². The molecule has 7 nitrogen and oxygen atoms in total. The first kappa shape index (κ1) is 13.2. The summed E-state index contributed by atoms with van der Waals surface area (Å²) in [5.41, 5.74) is -0.176. The molecule has 1 aromatic rings. The van der Waals surface area contributed by atoms with E-state index in [2.05, 4.69) is 10.3 Å². The molecule has 0 bridgehead atoms. The number of rotatable bonds is 7. The van der Waals surface area contributed by atoms with Crippen LogP contribution in [0.15, 0.2) is 12.1 Å². The van der Waals surface area contributed by atoms with Crippen molar-refractivity contribution in [2.24, 2.45) is 0 Å². The molecule has 0 spiro atoms. The summed E-state index contributed by atoms with van der Waals surface area (Å²) >= 11 is 0. The number of anilines is 1. The van der Waals surface area contributed by atoms with Gasteiger partial charge in [0, 0.05) is 25.6 Å². The van der Waals surface area contributed by atoms with Gasteiger partial charge in [0.2, 0.25) is 0 Å². The lowest BCUT2D eigenvalue weighted by Gasteiger charge is -2.07. The van der Waals surface area contributed by atoms with E-state index in [0.717, 1.165) is 0 Å². The van der Waals surface area contributed by atoms with Crippen LogP contribution in [0.25, 0.3) is 0 Å². The van der Waals surface area contributed by atoms with E-state index in [1.165, 1.54) is 12.1 Å². The van der Waals surface area contributed by atoms with Crippen molar-refractivity contribution < 1.29 is 14.8 Å². The number of ether oxygens (including phenoxy) is 1. The molecule has 0 aliphatic rings.